The molecule has 0 bridgehead atoms. The lowest BCUT2D eigenvalue weighted by Gasteiger charge is -2.20. The van der Waals surface area contributed by atoms with Crippen molar-refractivity contribution in [2.75, 3.05) is 13.2 Å². The number of carbonyl (C=O) groups excluding carboxylic acids is 3. The summed E-state index contributed by atoms with van der Waals surface area (Å²) in [5.74, 6) is -1.63. The smallest absolute Gasteiger partial charge is 0.322 e. The van der Waals surface area contributed by atoms with Crippen LogP contribution in [-0.4, -0.2) is 53.3 Å². The van der Waals surface area contributed by atoms with Crippen molar-refractivity contribution in [1.29, 1.82) is 0 Å². The summed E-state index contributed by atoms with van der Waals surface area (Å²) in [4.78, 5) is 39.8. The van der Waals surface area contributed by atoms with Crippen LogP contribution in [0.5, 0.6) is 5.75 Å². The Morgan fingerprint density at radius 2 is 2.12 bits per heavy atom. The van der Waals surface area contributed by atoms with Crippen molar-refractivity contribution in [2.45, 2.75) is 26.4 Å². The third-order valence-electron chi connectivity index (χ3n) is 5.00. The molecule has 1 fully saturated rings. The van der Waals surface area contributed by atoms with Gasteiger partial charge in [0.25, 0.3) is 11.8 Å². The van der Waals surface area contributed by atoms with Gasteiger partial charge in [-0.2, -0.15) is 0 Å². The average Bonchev–Trinajstić information content (AvgIpc) is 3.29. The van der Waals surface area contributed by atoms with Crippen molar-refractivity contribution >= 4 is 24.1 Å². The average molecular weight is 442 g/mol. The van der Waals surface area contributed by atoms with Gasteiger partial charge >= 0.3 is 6.03 Å². The van der Waals surface area contributed by atoms with Gasteiger partial charge in [0.2, 0.25) is 0 Å². The first-order valence-electron chi connectivity index (χ1n) is 9.87. The molecular formula is C22H23FN4O5. The zero-order valence-corrected chi connectivity index (χ0v) is 17.6. The second-order valence-corrected chi connectivity index (χ2v) is 7.16. The number of urea groups is 1. The number of hydrogen-bond donors (Lipinski definition) is 3. The molecule has 10 heteroatoms. The second-order valence-electron chi connectivity index (χ2n) is 7.16. The summed E-state index contributed by atoms with van der Waals surface area (Å²) in [5.41, 5.74) is 2.32. The molecule has 4 rings (SSSR count). The van der Waals surface area contributed by atoms with Crippen molar-refractivity contribution in [2.24, 2.45) is 4.99 Å². The Hall–Kier alpha value is -3.95. The highest BCUT2D eigenvalue weighted by molar-refractivity contribution is 6.05. The van der Waals surface area contributed by atoms with Crippen LogP contribution in [0.3, 0.4) is 0 Å². The van der Waals surface area contributed by atoms with E-state index in [1.165, 1.54) is 11.0 Å². The van der Waals surface area contributed by atoms with Gasteiger partial charge in [-0.3, -0.25) is 19.9 Å². The third kappa shape index (κ3) is 4.53. The molecule has 0 radical (unpaired) electrons. The standard InChI is InChI=1S/C12H13N3O3.C10H10FNO2/c1-3-4-13-8-5-9(18-6-7(8)2)10-11(16)15-12(17)14-10;1-2-12-5-6-3-4-7(13)9(11)8(6)10(12)14/h3-5,10H,1,6H2,2H3,(H2,14,15,16,17);3-4,13H,2,5H2,1H3. The molecule has 0 aromatic heterocycles. The molecule has 9 nitrogen and oxygen atoms in total. The minimum Gasteiger partial charge on any atom is -0.505 e. The van der Waals surface area contributed by atoms with Crippen LogP contribution in [0.1, 0.15) is 29.8 Å². The normalized spacial score (nSPS) is 19.7. The van der Waals surface area contributed by atoms with E-state index in [0.29, 0.717) is 36.7 Å². The maximum absolute atomic E-state index is 13.4. The van der Waals surface area contributed by atoms with E-state index in [9.17, 15) is 18.8 Å². The molecule has 0 spiro atoms. The highest BCUT2D eigenvalue weighted by Gasteiger charge is 2.35. The summed E-state index contributed by atoms with van der Waals surface area (Å²) in [6, 6.07) is 1.57. The predicted octanol–water partition coefficient (Wildman–Crippen LogP) is 2.15. The molecule has 1 unspecified atom stereocenters. The van der Waals surface area contributed by atoms with E-state index in [1.807, 2.05) is 13.8 Å². The minimum atomic E-state index is -0.802. The number of aromatic hydroxyl groups is 1. The van der Waals surface area contributed by atoms with Crippen LogP contribution in [0, 0.1) is 5.82 Å². The number of carbonyl (C=O) groups is 3. The van der Waals surface area contributed by atoms with E-state index in [1.54, 1.807) is 24.4 Å². The second kappa shape index (κ2) is 9.46. The van der Waals surface area contributed by atoms with Crippen LogP contribution in [-0.2, 0) is 16.1 Å². The molecule has 3 N–H and O–H groups in total. The fourth-order valence-corrected chi connectivity index (χ4v) is 3.29. The molecule has 1 atom stereocenters. The number of phenols is 1. The van der Waals surface area contributed by atoms with E-state index in [0.717, 1.165) is 5.57 Å². The number of amides is 4. The first-order valence-corrected chi connectivity index (χ1v) is 9.87. The van der Waals surface area contributed by atoms with Crippen molar-refractivity contribution in [3.05, 3.63) is 64.8 Å². The largest absolute Gasteiger partial charge is 0.505 e. The molecule has 3 heterocycles. The molecule has 3 aliphatic heterocycles. The number of allylic oxidation sites excluding steroid dienone is 2. The zero-order valence-electron chi connectivity index (χ0n) is 17.6. The molecule has 0 aliphatic carbocycles. The van der Waals surface area contributed by atoms with Gasteiger partial charge in [0.15, 0.2) is 17.6 Å². The van der Waals surface area contributed by atoms with E-state index < -0.39 is 29.5 Å². The zero-order chi connectivity index (χ0) is 23.4. The van der Waals surface area contributed by atoms with Gasteiger partial charge in [0.1, 0.15) is 12.4 Å². The Kier molecular flexibility index (Phi) is 6.72. The van der Waals surface area contributed by atoms with Crippen molar-refractivity contribution in [3.63, 3.8) is 0 Å². The van der Waals surface area contributed by atoms with Crippen LogP contribution < -0.4 is 10.6 Å². The number of fused-ring (bicyclic) bond motifs is 1. The lowest BCUT2D eigenvalue weighted by Crippen LogP contribution is -2.33. The minimum absolute atomic E-state index is 0.0202. The van der Waals surface area contributed by atoms with Crippen LogP contribution in [0.25, 0.3) is 0 Å². The number of imide groups is 1. The molecule has 1 aromatic rings. The van der Waals surface area contributed by atoms with Gasteiger partial charge in [0, 0.05) is 25.4 Å². The SMILES string of the molecule is C=CC=NC1=C(C)COC(C2NC(=O)NC2=O)=C1.CCN1Cc2ccc(O)c(F)c2C1=O. The van der Waals surface area contributed by atoms with Crippen LogP contribution in [0.2, 0.25) is 0 Å². The Labute approximate surface area is 184 Å². The van der Waals surface area contributed by atoms with Gasteiger partial charge < -0.3 is 20.1 Å². The summed E-state index contributed by atoms with van der Waals surface area (Å²) >= 11 is 0. The first kappa shape index (κ1) is 22.7. The third-order valence-corrected chi connectivity index (χ3v) is 5.00. The lowest BCUT2D eigenvalue weighted by atomic mass is 10.1. The van der Waals surface area contributed by atoms with Crippen molar-refractivity contribution in [1.82, 2.24) is 15.5 Å². The quantitative estimate of drug-likeness (QED) is 0.488. The number of nitrogens with zero attached hydrogens (tertiary/aromatic N) is 2. The van der Waals surface area contributed by atoms with Gasteiger partial charge in [-0.15, -0.1) is 0 Å². The number of phenolic OH excluding ortho intramolecular Hbond substituents is 1. The molecule has 4 amide bonds. The summed E-state index contributed by atoms with van der Waals surface area (Å²) < 4.78 is 18.8. The number of nitrogens with one attached hydrogen (secondary N) is 2. The Balaban J connectivity index is 0.000000186. The molecule has 1 saturated heterocycles. The monoisotopic (exact) mass is 442 g/mol. The molecule has 1 aromatic carbocycles. The summed E-state index contributed by atoms with van der Waals surface area (Å²) in [6.45, 7) is 8.59. The number of hydrogen-bond acceptors (Lipinski definition) is 6. The predicted molar refractivity (Wildman–Crippen MR) is 114 cm³/mol. The summed E-state index contributed by atoms with van der Waals surface area (Å²) in [5, 5.41) is 13.7. The fourth-order valence-electron chi connectivity index (χ4n) is 3.29. The molecule has 32 heavy (non-hydrogen) atoms. The number of ether oxygens (including phenoxy) is 1. The van der Waals surface area contributed by atoms with Crippen molar-refractivity contribution in [3.8, 4) is 5.75 Å². The first-order chi connectivity index (χ1) is 15.3. The van der Waals surface area contributed by atoms with Crippen molar-refractivity contribution < 1.29 is 28.6 Å². The van der Waals surface area contributed by atoms with Gasteiger partial charge in [0.05, 0.1) is 11.3 Å². The number of halogens is 1. The van der Waals surface area contributed by atoms with Gasteiger partial charge in [-0.05, 0) is 31.1 Å². The van der Waals surface area contributed by atoms with E-state index >= 15 is 0 Å². The Bertz CT molecular complexity index is 1080. The maximum atomic E-state index is 13.4. The Morgan fingerprint density at radius 3 is 2.75 bits per heavy atom. The van der Waals surface area contributed by atoms with E-state index in [-0.39, 0.29) is 11.5 Å². The van der Waals surface area contributed by atoms with Crippen LogP contribution >= 0.6 is 0 Å². The maximum Gasteiger partial charge on any atom is 0.322 e. The van der Waals surface area contributed by atoms with Crippen LogP contribution in [0.15, 0.2) is 52.9 Å². The topological polar surface area (TPSA) is 120 Å². The summed E-state index contributed by atoms with van der Waals surface area (Å²) in [6.07, 6.45) is 4.77. The molecule has 0 saturated carbocycles. The Morgan fingerprint density at radius 1 is 1.38 bits per heavy atom. The highest BCUT2D eigenvalue weighted by Crippen LogP contribution is 2.29. The number of benzene rings is 1. The van der Waals surface area contributed by atoms with E-state index in [4.69, 9.17) is 9.84 Å². The van der Waals surface area contributed by atoms with Crippen LogP contribution in [0.4, 0.5) is 9.18 Å². The lowest BCUT2D eigenvalue weighted by molar-refractivity contribution is -0.120. The number of aliphatic imine (C=N–C) groups is 1. The number of rotatable bonds is 4. The van der Waals surface area contributed by atoms with Gasteiger partial charge in [-0.1, -0.05) is 18.7 Å². The molecule has 168 valence electrons. The molecule has 3 aliphatic rings. The molecular weight excluding hydrogens is 419 g/mol. The summed E-state index contributed by atoms with van der Waals surface area (Å²) in [7, 11) is 0. The van der Waals surface area contributed by atoms with E-state index in [2.05, 4.69) is 22.2 Å². The van der Waals surface area contributed by atoms with Gasteiger partial charge in [-0.25, -0.2) is 9.18 Å². The highest BCUT2D eigenvalue weighted by atomic mass is 19.1. The fraction of sp³-hybridized carbons (Fsp3) is 0.273.